The van der Waals surface area contributed by atoms with Crippen LogP contribution < -0.4 is 4.74 Å². The van der Waals surface area contributed by atoms with Gasteiger partial charge in [0.15, 0.2) is 9.84 Å². The molecule has 18 heavy (non-hydrogen) atoms. The Labute approximate surface area is 115 Å². The van der Waals surface area contributed by atoms with Crippen LogP contribution >= 0.6 is 15.9 Å². The fraction of sp³-hybridized carbons (Fsp3) is 0.500. The number of sulfone groups is 1. The van der Waals surface area contributed by atoms with Crippen molar-refractivity contribution in [2.24, 2.45) is 5.41 Å². The molecular weight excluding hydrogens is 320 g/mol. The van der Waals surface area contributed by atoms with Crippen LogP contribution in [0.1, 0.15) is 6.92 Å². The largest absolute Gasteiger partial charge is 0.495 e. The Morgan fingerprint density at radius 3 is 2.61 bits per heavy atom. The summed E-state index contributed by atoms with van der Waals surface area (Å²) in [7, 11) is -1.91. The van der Waals surface area contributed by atoms with Gasteiger partial charge in [0.25, 0.3) is 0 Å². The number of hydrogen-bond donors (Lipinski definition) is 0. The Morgan fingerprint density at radius 1 is 1.44 bits per heavy atom. The standard InChI is InChI=1S/C12H15BrO4S/c1-12(6-17-7-12)8-18(14,15)11-5-9(13)3-4-10(11)16-2/h3-5H,6-8H2,1-2H3. The summed E-state index contributed by atoms with van der Waals surface area (Å²) in [5.41, 5.74) is -0.286. The second kappa shape index (κ2) is 4.83. The van der Waals surface area contributed by atoms with Crippen LogP contribution in [0.2, 0.25) is 0 Å². The van der Waals surface area contributed by atoms with Crippen molar-refractivity contribution in [3.05, 3.63) is 22.7 Å². The average molecular weight is 335 g/mol. The summed E-state index contributed by atoms with van der Waals surface area (Å²) in [6.07, 6.45) is 0. The predicted octanol–water partition coefficient (Wildman–Crippen LogP) is 2.27. The lowest BCUT2D eigenvalue weighted by atomic mass is 9.92. The van der Waals surface area contributed by atoms with E-state index in [4.69, 9.17) is 9.47 Å². The first-order valence-corrected chi connectivity index (χ1v) is 7.95. The van der Waals surface area contributed by atoms with Crippen molar-refractivity contribution in [1.82, 2.24) is 0 Å². The molecule has 4 nitrogen and oxygen atoms in total. The molecule has 1 aromatic carbocycles. The van der Waals surface area contributed by atoms with Crippen molar-refractivity contribution in [3.63, 3.8) is 0 Å². The van der Waals surface area contributed by atoms with Crippen LogP contribution in [0.4, 0.5) is 0 Å². The molecule has 6 heteroatoms. The molecule has 1 aromatic rings. The van der Waals surface area contributed by atoms with Crippen molar-refractivity contribution in [1.29, 1.82) is 0 Å². The highest BCUT2D eigenvalue weighted by molar-refractivity contribution is 9.10. The van der Waals surface area contributed by atoms with E-state index in [9.17, 15) is 8.42 Å². The molecule has 1 fully saturated rings. The van der Waals surface area contributed by atoms with E-state index in [-0.39, 0.29) is 16.1 Å². The van der Waals surface area contributed by atoms with Crippen LogP contribution in [0.25, 0.3) is 0 Å². The van der Waals surface area contributed by atoms with Crippen molar-refractivity contribution in [2.45, 2.75) is 11.8 Å². The molecule has 1 saturated heterocycles. The summed E-state index contributed by atoms with van der Waals surface area (Å²) in [4.78, 5) is 0.229. The summed E-state index contributed by atoms with van der Waals surface area (Å²) in [5, 5.41) is 0. The Morgan fingerprint density at radius 2 is 2.11 bits per heavy atom. The Balaban J connectivity index is 2.37. The smallest absolute Gasteiger partial charge is 0.182 e. The molecule has 0 saturated carbocycles. The van der Waals surface area contributed by atoms with Gasteiger partial charge >= 0.3 is 0 Å². The Kier molecular flexibility index (Phi) is 3.71. The molecule has 0 aromatic heterocycles. The van der Waals surface area contributed by atoms with Crippen molar-refractivity contribution >= 4 is 25.8 Å². The van der Waals surface area contributed by atoms with E-state index in [1.807, 2.05) is 6.92 Å². The van der Waals surface area contributed by atoms with Gasteiger partial charge in [0.1, 0.15) is 10.6 Å². The number of rotatable bonds is 4. The number of ether oxygens (including phenoxy) is 2. The third-order valence-electron chi connectivity index (χ3n) is 2.90. The molecule has 0 atom stereocenters. The summed E-state index contributed by atoms with van der Waals surface area (Å²) in [6.45, 7) is 2.89. The van der Waals surface area contributed by atoms with Gasteiger partial charge in [-0.2, -0.15) is 0 Å². The molecular formula is C12H15BrO4S. The molecule has 0 unspecified atom stereocenters. The van der Waals surface area contributed by atoms with E-state index in [0.717, 1.165) is 4.47 Å². The van der Waals surface area contributed by atoms with Gasteiger partial charge < -0.3 is 9.47 Å². The van der Waals surface area contributed by atoms with Crippen LogP contribution in [-0.4, -0.2) is 34.5 Å². The van der Waals surface area contributed by atoms with Gasteiger partial charge in [0.2, 0.25) is 0 Å². The molecule has 1 aliphatic rings. The molecule has 100 valence electrons. The Bertz CT molecular complexity index is 549. The molecule has 2 rings (SSSR count). The number of halogens is 1. The number of methoxy groups -OCH3 is 1. The highest BCUT2D eigenvalue weighted by Crippen LogP contribution is 2.34. The number of benzene rings is 1. The normalized spacial score (nSPS) is 18.2. The fourth-order valence-corrected chi connectivity index (χ4v) is 4.48. The highest BCUT2D eigenvalue weighted by atomic mass is 79.9. The average Bonchev–Trinajstić information content (AvgIpc) is 2.26. The predicted molar refractivity (Wildman–Crippen MR) is 71.7 cm³/mol. The van der Waals surface area contributed by atoms with Crippen molar-refractivity contribution in [3.8, 4) is 5.75 Å². The zero-order valence-corrected chi connectivity index (χ0v) is 12.7. The summed E-state index contributed by atoms with van der Waals surface area (Å²) >= 11 is 3.28. The van der Waals surface area contributed by atoms with E-state index in [0.29, 0.717) is 19.0 Å². The first-order valence-electron chi connectivity index (χ1n) is 5.50. The minimum absolute atomic E-state index is 0.0762. The highest BCUT2D eigenvalue weighted by Gasteiger charge is 2.39. The first-order chi connectivity index (χ1) is 8.36. The van der Waals surface area contributed by atoms with Crippen LogP contribution in [0, 0.1) is 5.41 Å². The molecule has 0 bridgehead atoms. The van der Waals surface area contributed by atoms with E-state index in [2.05, 4.69) is 15.9 Å². The maximum absolute atomic E-state index is 12.4. The van der Waals surface area contributed by atoms with Gasteiger partial charge in [-0.1, -0.05) is 22.9 Å². The second-order valence-corrected chi connectivity index (χ2v) is 7.73. The van der Waals surface area contributed by atoms with Gasteiger partial charge in [-0.05, 0) is 18.2 Å². The van der Waals surface area contributed by atoms with E-state index >= 15 is 0 Å². The SMILES string of the molecule is COc1ccc(Br)cc1S(=O)(=O)CC1(C)COC1. The maximum atomic E-state index is 12.4. The second-order valence-electron chi connectivity index (χ2n) is 4.86. The quantitative estimate of drug-likeness (QED) is 0.847. The molecule has 1 aliphatic heterocycles. The minimum Gasteiger partial charge on any atom is -0.495 e. The molecule has 0 N–H and O–H groups in total. The third-order valence-corrected chi connectivity index (χ3v) is 5.46. The summed E-state index contributed by atoms with van der Waals surface area (Å²) < 4.78 is 35.8. The van der Waals surface area contributed by atoms with Gasteiger partial charge in [0, 0.05) is 9.89 Å². The van der Waals surface area contributed by atoms with Crippen LogP contribution in [0.3, 0.4) is 0 Å². The summed E-state index contributed by atoms with van der Waals surface area (Å²) in [5.74, 6) is 0.453. The molecule has 0 aliphatic carbocycles. The molecule has 0 spiro atoms. The van der Waals surface area contributed by atoms with Crippen LogP contribution in [-0.2, 0) is 14.6 Å². The first kappa shape index (κ1) is 13.8. The molecule has 1 heterocycles. The number of hydrogen-bond acceptors (Lipinski definition) is 4. The minimum atomic E-state index is -3.38. The fourth-order valence-electron chi connectivity index (χ4n) is 1.96. The summed E-state index contributed by atoms with van der Waals surface area (Å²) in [6, 6.07) is 4.99. The van der Waals surface area contributed by atoms with Gasteiger partial charge in [-0.3, -0.25) is 0 Å². The maximum Gasteiger partial charge on any atom is 0.182 e. The van der Waals surface area contributed by atoms with Gasteiger partial charge in [0.05, 0.1) is 26.1 Å². The topological polar surface area (TPSA) is 52.6 Å². The van der Waals surface area contributed by atoms with Gasteiger partial charge in [-0.25, -0.2) is 8.42 Å². The Hall–Kier alpha value is -0.590. The third kappa shape index (κ3) is 2.70. The van der Waals surface area contributed by atoms with E-state index < -0.39 is 9.84 Å². The lowest BCUT2D eigenvalue weighted by Crippen LogP contribution is -2.45. The van der Waals surface area contributed by atoms with Crippen molar-refractivity contribution < 1.29 is 17.9 Å². The van der Waals surface area contributed by atoms with E-state index in [1.165, 1.54) is 7.11 Å². The monoisotopic (exact) mass is 334 g/mol. The molecule has 0 amide bonds. The molecule has 0 radical (unpaired) electrons. The zero-order chi connectivity index (χ0) is 13.4. The van der Waals surface area contributed by atoms with Crippen molar-refractivity contribution in [2.75, 3.05) is 26.1 Å². The van der Waals surface area contributed by atoms with Crippen LogP contribution in [0.5, 0.6) is 5.75 Å². The van der Waals surface area contributed by atoms with Crippen LogP contribution in [0.15, 0.2) is 27.6 Å². The lowest BCUT2D eigenvalue weighted by molar-refractivity contribution is -0.0870. The van der Waals surface area contributed by atoms with Gasteiger partial charge in [-0.15, -0.1) is 0 Å². The van der Waals surface area contributed by atoms with E-state index in [1.54, 1.807) is 18.2 Å². The zero-order valence-electron chi connectivity index (χ0n) is 10.3. The lowest BCUT2D eigenvalue weighted by Gasteiger charge is -2.37.